The average molecular weight is 625 g/mol. The van der Waals surface area contributed by atoms with E-state index in [4.69, 9.17) is 5.10 Å². The van der Waals surface area contributed by atoms with E-state index in [-0.39, 0.29) is 36.0 Å². The second-order valence-corrected chi connectivity index (χ2v) is 12.3. The van der Waals surface area contributed by atoms with Gasteiger partial charge < -0.3 is 5.32 Å². The molecule has 5 aromatic rings. The van der Waals surface area contributed by atoms with Crippen LogP contribution >= 0.6 is 23.1 Å². The summed E-state index contributed by atoms with van der Waals surface area (Å²) < 4.78 is 15.6. The Bertz CT molecular complexity index is 1840. The van der Waals surface area contributed by atoms with Crippen molar-refractivity contribution in [1.29, 1.82) is 0 Å². The second-order valence-electron chi connectivity index (χ2n) is 10.4. The fourth-order valence-electron chi connectivity index (χ4n) is 5.05. The van der Waals surface area contributed by atoms with Gasteiger partial charge in [-0.2, -0.15) is 5.10 Å². The van der Waals surface area contributed by atoms with Crippen molar-refractivity contribution >= 4 is 40.6 Å². The zero-order valence-electron chi connectivity index (χ0n) is 24.1. The van der Waals surface area contributed by atoms with Gasteiger partial charge in [0.2, 0.25) is 0 Å². The van der Waals surface area contributed by atoms with Crippen LogP contribution in [0.2, 0.25) is 0 Å². The molecule has 0 bridgehead atoms. The molecule has 0 unspecified atom stereocenters. The second kappa shape index (κ2) is 12.9. The molecule has 222 valence electrons. The highest BCUT2D eigenvalue weighted by atomic mass is 32.2. The minimum Gasteiger partial charge on any atom is -0.345 e. The van der Waals surface area contributed by atoms with E-state index in [1.807, 2.05) is 78.4 Å². The number of amides is 2. The zero-order chi connectivity index (χ0) is 30.6. The Morgan fingerprint density at radius 2 is 1.75 bits per heavy atom. The molecule has 1 atom stereocenters. The number of nitrogens with one attached hydrogen (secondary N) is 1. The molecule has 1 aliphatic rings. The van der Waals surface area contributed by atoms with E-state index in [0.29, 0.717) is 23.0 Å². The van der Waals surface area contributed by atoms with E-state index in [1.165, 1.54) is 28.9 Å². The predicted octanol–water partition coefficient (Wildman–Crippen LogP) is 6.48. The fourth-order valence-corrected chi connectivity index (χ4v) is 6.60. The minimum atomic E-state index is -0.345. The summed E-state index contributed by atoms with van der Waals surface area (Å²) in [7, 11) is 0. The lowest BCUT2D eigenvalue weighted by Crippen LogP contribution is -2.28. The molecule has 3 heterocycles. The Morgan fingerprint density at radius 1 is 0.977 bits per heavy atom. The maximum absolute atomic E-state index is 13.7. The Balaban J connectivity index is 1.24. The van der Waals surface area contributed by atoms with E-state index < -0.39 is 0 Å². The quantitative estimate of drug-likeness (QED) is 0.190. The molecule has 0 saturated carbocycles. The van der Waals surface area contributed by atoms with Gasteiger partial charge in [-0.15, -0.1) is 21.5 Å². The van der Waals surface area contributed by atoms with Gasteiger partial charge in [0.05, 0.1) is 28.9 Å². The number of hydrogen-bond acceptors (Lipinski definition) is 7. The van der Waals surface area contributed by atoms with Crippen LogP contribution < -0.4 is 5.32 Å². The van der Waals surface area contributed by atoms with Crippen molar-refractivity contribution in [2.45, 2.75) is 38.0 Å². The van der Waals surface area contributed by atoms with Crippen LogP contribution in [-0.2, 0) is 11.3 Å². The smallest absolute Gasteiger partial charge is 0.253 e. The van der Waals surface area contributed by atoms with Crippen LogP contribution in [0.5, 0.6) is 0 Å². The minimum absolute atomic E-state index is 0.0541. The number of halogens is 1. The van der Waals surface area contributed by atoms with Crippen molar-refractivity contribution in [2.75, 3.05) is 5.75 Å². The standard InChI is InChI=1S/C33H29FN6O2S2/c1-21-6-3-8-24(16-21)32(42)35-19-30-36-37-33(39(30)26-9-4-7-22(2)17-26)44-20-31(41)40-28(23-11-13-25(34)14-12-23)18-27(38-40)29-10-5-15-43-29/h3-17,28H,18-20H2,1-2H3,(H,35,42)/t28-/m0/s1. The third-order valence-electron chi connectivity index (χ3n) is 7.20. The summed E-state index contributed by atoms with van der Waals surface area (Å²) in [6.45, 7) is 4.08. The summed E-state index contributed by atoms with van der Waals surface area (Å²) >= 11 is 2.82. The largest absolute Gasteiger partial charge is 0.345 e. The molecule has 1 aliphatic heterocycles. The summed E-state index contributed by atoms with van der Waals surface area (Å²) in [4.78, 5) is 27.6. The Labute approximate surface area is 262 Å². The van der Waals surface area contributed by atoms with Crippen LogP contribution in [-0.4, -0.2) is 43.1 Å². The fraction of sp³-hybridized carbons (Fsp3) is 0.182. The summed E-state index contributed by atoms with van der Waals surface area (Å²) in [6.07, 6.45) is 0.535. The molecular formula is C33H29FN6O2S2. The van der Waals surface area contributed by atoms with Crippen LogP contribution in [0.15, 0.2) is 101 Å². The molecule has 1 N–H and O–H groups in total. The topological polar surface area (TPSA) is 92.5 Å². The molecule has 8 nitrogen and oxygen atoms in total. The molecular weight excluding hydrogens is 596 g/mol. The van der Waals surface area contributed by atoms with Crippen molar-refractivity contribution in [1.82, 2.24) is 25.1 Å². The lowest BCUT2D eigenvalue weighted by molar-refractivity contribution is -0.130. The number of aromatic nitrogens is 3. The molecule has 0 saturated heterocycles. The first-order valence-electron chi connectivity index (χ1n) is 14.0. The first kappa shape index (κ1) is 29.5. The molecule has 0 aliphatic carbocycles. The number of carbonyl (C=O) groups is 2. The van der Waals surface area contributed by atoms with Gasteiger partial charge in [0, 0.05) is 17.7 Å². The maximum atomic E-state index is 13.7. The summed E-state index contributed by atoms with van der Waals surface area (Å²) in [5.41, 5.74) is 5.07. The zero-order valence-corrected chi connectivity index (χ0v) is 25.7. The number of hydrogen-bond donors (Lipinski definition) is 1. The first-order valence-corrected chi connectivity index (χ1v) is 15.9. The van der Waals surface area contributed by atoms with E-state index in [9.17, 15) is 14.0 Å². The molecule has 2 amide bonds. The molecule has 6 rings (SSSR count). The number of benzene rings is 3. The molecule has 0 spiro atoms. The van der Waals surface area contributed by atoms with Crippen LogP contribution in [0.1, 0.15) is 50.2 Å². The maximum Gasteiger partial charge on any atom is 0.253 e. The van der Waals surface area contributed by atoms with Crippen LogP contribution in [0.25, 0.3) is 5.69 Å². The molecule has 0 radical (unpaired) electrons. The van der Waals surface area contributed by atoms with Gasteiger partial charge >= 0.3 is 0 Å². The van der Waals surface area contributed by atoms with Gasteiger partial charge in [0.25, 0.3) is 11.8 Å². The normalized spacial score (nSPS) is 14.5. The summed E-state index contributed by atoms with van der Waals surface area (Å²) in [5, 5.41) is 20.5. The molecule has 11 heteroatoms. The molecule has 44 heavy (non-hydrogen) atoms. The van der Waals surface area contributed by atoms with Gasteiger partial charge in [0.1, 0.15) is 5.82 Å². The molecule has 3 aromatic carbocycles. The van der Waals surface area contributed by atoms with Gasteiger partial charge in [-0.1, -0.05) is 59.8 Å². The predicted molar refractivity (Wildman–Crippen MR) is 171 cm³/mol. The van der Waals surface area contributed by atoms with Gasteiger partial charge in [-0.05, 0) is 72.8 Å². The van der Waals surface area contributed by atoms with Crippen molar-refractivity contribution in [3.8, 4) is 5.69 Å². The number of rotatable bonds is 9. The van der Waals surface area contributed by atoms with Gasteiger partial charge in [-0.3, -0.25) is 14.2 Å². The van der Waals surface area contributed by atoms with Crippen molar-refractivity contribution in [2.24, 2.45) is 5.10 Å². The van der Waals surface area contributed by atoms with Crippen molar-refractivity contribution in [3.63, 3.8) is 0 Å². The highest BCUT2D eigenvalue weighted by molar-refractivity contribution is 7.99. The highest BCUT2D eigenvalue weighted by Crippen LogP contribution is 2.35. The van der Waals surface area contributed by atoms with Crippen LogP contribution in [0.3, 0.4) is 0 Å². The number of thioether (sulfide) groups is 1. The number of aryl methyl sites for hydroxylation is 2. The number of hydrazone groups is 1. The Kier molecular flexibility index (Phi) is 8.67. The average Bonchev–Trinajstić information content (AvgIpc) is 3.79. The van der Waals surface area contributed by atoms with E-state index in [1.54, 1.807) is 29.5 Å². The molecule has 0 fully saturated rings. The highest BCUT2D eigenvalue weighted by Gasteiger charge is 2.33. The third-order valence-corrected chi connectivity index (χ3v) is 9.03. The van der Waals surface area contributed by atoms with Gasteiger partial charge in [-0.25, -0.2) is 9.40 Å². The lowest BCUT2D eigenvalue weighted by atomic mass is 10.0. The van der Waals surface area contributed by atoms with E-state index >= 15 is 0 Å². The summed E-state index contributed by atoms with van der Waals surface area (Å²) in [5.74, 6) is -0.157. The van der Waals surface area contributed by atoms with Gasteiger partial charge in [0.15, 0.2) is 11.0 Å². The first-order chi connectivity index (χ1) is 21.4. The van der Waals surface area contributed by atoms with Crippen LogP contribution in [0.4, 0.5) is 4.39 Å². The number of thiophene rings is 1. The monoisotopic (exact) mass is 624 g/mol. The lowest BCUT2D eigenvalue weighted by Gasteiger charge is -2.22. The van der Waals surface area contributed by atoms with E-state index in [2.05, 4.69) is 15.5 Å². The third kappa shape index (κ3) is 6.48. The number of nitrogens with zero attached hydrogens (tertiary/aromatic N) is 5. The Morgan fingerprint density at radius 3 is 2.48 bits per heavy atom. The van der Waals surface area contributed by atoms with E-state index in [0.717, 1.165) is 33.0 Å². The molecule has 2 aromatic heterocycles. The van der Waals surface area contributed by atoms with Crippen molar-refractivity contribution in [3.05, 3.63) is 129 Å². The summed E-state index contributed by atoms with van der Waals surface area (Å²) in [6, 6.07) is 25.1. The SMILES string of the molecule is Cc1cccc(C(=O)NCc2nnc(SCC(=O)N3N=C(c4cccs4)C[C@H]3c3ccc(F)cc3)n2-c2cccc(C)c2)c1. The van der Waals surface area contributed by atoms with Crippen LogP contribution in [0, 0.1) is 19.7 Å². The Hall–Kier alpha value is -4.61. The number of carbonyl (C=O) groups excluding carboxylic acids is 2. The van der Waals surface area contributed by atoms with Crippen molar-refractivity contribution < 1.29 is 14.0 Å².